The highest BCUT2D eigenvalue weighted by atomic mass is 35.5. The van der Waals surface area contributed by atoms with Gasteiger partial charge in [-0.3, -0.25) is 9.36 Å². The first kappa shape index (κ1) is 18.2. The summed E-state index contributed by atoms with van der Waals surface area (Å²) < 4.78 is 7.55. The number of allylic oxidation sites excluding steroid dienone is 1. The number of ether oxygens (including phenoxy) is 1. The number of rotatable bonds is 2. The van der Waals surface area contributed by atoms with E-state index in [2.05, 4.69) is 9.88 Å². The number of benzene rings is 2. The van der Waals surface area contributed by atoms with E-state index in [0.29, 0.717) is 31.3 Å². The predicted molar refractivity (Wildman–Crippen MR) is 113 cm³/mol. The van der Waals surface area contributed by atoms with E-state index in [1.54, 1.807) is 0 Å². The number of para-hydroxylation sites is 2. The highest BCUT2D eigenvalue weighted by Gasteiger charge is 2.36. The zero-order valence-electron chi connectivity index (χ0n) is 16.1. The first-order chi connectivity index (χ1) is 14.1. The summed E-state index contributed by atoms with van der Waals surface area (Å²) in [5.74, 6) is 0.767. The van der Waals surface area contributed by atoms with Crippen LogP contribution in [0.15, 0.2) is 59.8 Å². The monoisotopic (exact) mass is 408 g/mol. The molecule has 29 heavy (non-hydrogen) atoms. The molecule has 2 aromatic carbocycles. The van der Waals surface area contributed by atoms with Crippen LogP contribution in [0.1, 0.15) is 18.5 Å². The van der Waals surface area contributed by atoms with Crippen LogP contribution >= 0.6 is 11.6 Å². The van der Waals surface area contributed by atoms with Crippen LogP contribution in [0.3, 0.4) is 0 Å². The fourth-order valence-electron chi connectivity index (χ4n) is 4.14. The fourth-order valence-corrected chi connectivity index (χ4v) is 4.26. The first-order valence-corrected chi connectivity index (χ1v) is 10.1. The van der Waals surface area contributed by atoms with Gasteiger partial charge in [0.05, 0.1) is 35.9 Å². The largest absolute Gasteiger partial charge is 0.378 e. The lowest BCUT2D eigenvalue weighted by Crippen LogP contribution is -2.44. The number of imidazole rings is 1. The molecule has 0 saturated carbocycles. The zero-order chi connectivity index (χ0) is 20.0. The van der Waals surface area contributed by atoms with Gasteiger partial charge < -0.3 is 15.0 Å². The molecule has 3 heterocycles. The van der Waals surface area contributed by atoms with Gasteiger partial charge in [-0.1, -0.05) is 35.9 Å². The minimum absolute atomic E-state index is 0.0293. The van der Waals surface area contributed by atoms with E-state index < -0.39 is 0 Å². The topological polar surface area (TPSA) is 59.4 Å². The average molecular weight is 409 g/mol. The van der Waals surface area contributed by atoms with Crippen LogP contribution < -0.4 is 5.32 Å². The van der Waals surface area contributed by atoms with E-state index in [4.69, 9.17) is 21.3 Å². The number of aromatic nitrogens is 2. The molecule has 3 aromatic rings. The van der Waals surface area contributed by atoms with E-state index in [1.807, 2.05) is 60.4 Å². The van der Waals surface area contributed by atoms with Crippen LogP contribution in [0.2, 0.25) is 5.02 Å². The minimum atomic E-state index is -0.286. The highest BCUT2D eigenvalue weighted by molar-refractivity contribution is 6.30. The van der Waals surface area contributed by atoms with Crippen molar-refractivity contribution in [2.45, 2.75) is 13.0 Å². The molecular formula is C22H21ClN4O2. The second kappa shape index (κ2) is 7.21. The summed E-state index contributed by atoms with van der Waals surface area (Å²) in [5.41, 5.74) is 4.42. The summed E-state index contributed by atoms with van der Waals surface area (Å²) in [6.07, 6.45) is 0. The number of fused-ring (bicyclic) bond motifs is 3. The Bertz CT molecular complexity index is 1110. The van der Waals surface area contributed by atoms with Crippen molar-refractivity contribution in [3.8, 4) is 0 Å². The number of hydrogen-bond acceptors (Lipinski definition) is 4. The molecule has 1 saturated heterocycles. The molecule has 2 aliphatic heterocycles. The van der Waals surface area contributed by atoms with Crippen LogP contribution in [-0.2, 0) is 9.53 Å². The lowest BCUT2D eigenvalue weighted by Gasteiger charge is -2.35. The Morgan fingerprint density at radius 1 is 1.14 bits per heavy atom. The van der Waals surface area contributed by atoms with Crippen molar-refractivity contribution in [1.29, 1.82) is 0 Å². The number of hydrogen-bond donors (Lipinski definition) is 1. The Balaban J connectivity index is 1.69. The Morgan fingerprint density at radius 2 is 1.86 bits per heavy atom. The van der Waals surface area contributed by atoms with Gasteiger partial charge in [-0.25, -0.2) is 4.98 Å². The van der Waals surface area contributed by atoms with Crippen molar-refractivity contribution >= 4 is 34.5 Å². The second-order valence-electron chi connectivity index (χ2n) is 7.32. The van der Waals surface area contributed by atoms with Gasteiger partial charge >= 0.3 is 0 Å². The van der Waals surface area contributed by atoms with Crippen molar-refractivity contribution < 1.29 is 9.53 Å². The molecule has 0 radical (unpaired) electrons. The van der Waals surface area contributed by atoms with E-state index in [0.717, 1.165) is 33.8 Å². The molecule has 1 amide bonds. The van der Waals surface area contributed by atoms with Gasteiger partial charge in [-0.05, 0) is 36.8 Å². The average Bonchev–Trinajstić information content (AvgIpc) is 3.11. The Hall–Kier alpha value is -2.83. The van der Waals surface area contributed by atoms with E-state index in [1.165, 1.54) is 0 Å². The molecule has 0 unspecified atom stereocenters. The molecule has 1 aromatic heterocycles. The Morgan fingerprint density at radius 3 is 2.62 bits per heavy atom. The number of nitrogens with zero attached hydrogens (tertiary/aromatic N) is 3. The fraction of sp³-hybridized carbons (Fsp3) is 0.273. The van der Waals surface area contributed by atoms with Crippen LogP contribution in [0, 0.1) is 0 Å². The molecule has 6 nitrogen and oxygen atoms in total. The summed E-state index contributed by atoms with van der Waals surface area (Å²) in [6, 6.07) is 15.4. The minimum Gasteiger partial charge on any atom is -0.378 e. The molecule has 0 aliphatic carbocycles. The summed E-state index contributed by atoms with van der Waals surface area (Å²) in [7, 11) is 0. The SMILES string of the molecule is CC1=C(C(=O)N2CCOCC2)[C@H](c2ccc(Cl)cc2)n2c(nc3ccccc32)N1. The zero-order valence-corrected chi connectivity index (χ0v) is 16.8. The molecule has 7 heteroatoms. The Labute approximate surface area is 173 Å². The maximum absolute atomic E-state index is 13.6. The van der Waals surface area contributed by atoms with Gasteiger partial charge in [0.2, 0.25) is 5.95 Å². The molecule has 148 valence electrons. The first-order valence-electron chi connectivity index (χ1n) is 9.71. The van der Waals surface area contributed by atoms with E-state index >= 15 is 0 Å². The van der Waals surface area contributed by atoms with E-state index in [9.17, 15) is 4.79 Å². The number of halogens is 1. The standard InChI is InChI=1S/C22H21ClN4O2/c1-14-19(21(28)26-10-12-29-13-11-26)20(15-6-8-16(23)9-7-15)27-18-5-3-2-4-17(18)25-22(27)24-14/h2-9,20H,10-13H2,1H3,(H,24,25)/t20-/m0/s1. The van der Waals surface area contributed by atoms with Crippen molar-refractivity contribution in [1.82, 2.24) is 14.5 Å². The van der Waals surface area contributed by atoms with Gasteiger partial charge in [0.25, 0.3) is 5.91 Å². The molecule has 0 bridgehead atoms. The molecule has 1 N–H and O–H groups in total. The van der Waals surface area contributed by atoms with E-state index in [-0.39, 0.29) is 11.9 Å². The summed E-state index contributed by atoms with van der Waals surface area (Å²) >= 11 is 6.14. The summed E-state index contributed by atoms with van der Waals surface area (Å²) in [5, 5.41) is 4.02. The molecule has 1 fully saturated rings. The third-order valence-corrected chi connectivity index (χ3v) is 5.80. The third kappa shape index (κ3) is 3.09. The van der Waals surface area contributed by atoms with Crippen molar-refractivity contribution in [3.63, 3.8) is 0 Å². The summed E-state index contributed by atoms with van der Waals surface area (Å²) in [4.78, 5) is 20.2. The maximum atomic E-state index is 13.6. The van der Waals surface area contributed by atoms with Crippen molar-refractivity contribution in [3.05, 3.63) is 70.4 Å². The lowest BCUT2D eigenvalue weighted by molar-refractivity contribution is -0.131. The van der Waals surface area contributed by atoms with Gasteiger partial charge in [-0.15, -0.1) is 0 Å². The predicted octanol–water partition coefficient (Wildman–Crippen LogP) is 3.84. The normalized spacial score (nSPS) is 19.2. The number of nitrogens with one attached hydrogen (secondary N) is 1. The number of anilines is 1. The Kier molecular flexibility index (Phi) is 4.53. The molecule has 0 spiro atoms. The second-order valence-corrected chi connectivity index (χ2v) is 7.75. The van der Waals surface area contributed by atoms with Crippen molar-refractivity contribution in [2.24, 2.45) is 0 Å². The molecular weight excluding hydrogens is 388 g/mol. The van der Waals surface area contributed by atoms with Crippen LogP contribution in [0.25, 0.3) is 11.0 Å². The molecule has 5 rings (SSSR count). The lowest BCUT2D eigenvalue weighted by atomic mass is 9.94. The number of carbonyl (C=O) groups is 1. The smallest absolute Gasteiger partial charge is 0.254 e. The summed E-state index contributed by atoms with van der Waals surface area (Å²) in [6.45, 7) is 4.27. The maximum Gasteiger partial charge on any atom is 0.254 e. The van der Waals surface area contributed by atoms with Crippen LogP contribution in [0.4, 0.5) is 5.95 Å². The highest BCUT2D eigenvalue weighted by Crippen LogP contribution is 2.40. The van der Waals surface area contributed by atoms with Gasteiger partial charge in [0.15, 0.2) is 0 Å². The quantitative estimate of drug-likeness (QED) is 0.700. The van der Waals surface area contributed by atoms with Crippen LogP contribution in [-0.4, -0.2) is 46.7 Å². The number of amides is 1. The van der Waals surface area contributed by atoms with Gasteiger partial charge in [0.1, 0.15) is 0 Å². The van der Waals surface area contributed by atoms with Crippen LogP contribution in [0.5, 0.6) is 0 Å². The third-order valence-electron chi connectivity index (χ3n) is 5.55. The van der Waals surface area contributed by atoms with Gasteiger partial charge in [0, 0.05) is 23.8 Å². The van der Waals surface area contributed by atoms with Crippen molar-refractivity contribution in [2.75, 3.05) is 31.6 Å². The van der Waals surface area contributed by atoms with Gasteiger partial charge in [-0.2, -0.15) is 0 Å². The number of carbonyl (C=O) groups excluding carboxylic acids is 1. The molecule has 1 atom stereocenters. The molecule has 2 aliphatic rings. The number of morpholine rings is 1.